The van der Waals surface area contributed by atoms with Crippen LogP contribution in [0.5, 0.6) is 0 Å². The van der Waals surface area contributed by atoms with E-state index in [0.717, 1.165) is 18.4 Å². The maximum atomic E-state index is 13.1. The van der Waals surface area contributed by atoms with Crippen molar-refractivity contribution in [2.75, 3.05) is 0 Å². The summed E-state index contributed by atoms with van der Waals surface area (Å²) < 4.78 is 13.6. The minimum absolute atomic E-state index is 0.219. The molecule has 2 rings (SSSR count). The molecule has 0 saturated heterocycles. The van der Waals surface area contributed by atoms with Crippen molar-refractivity contribution in [3.8, 4) is 0 Å². The quantitative estimate of drug-likeness (QED) is 0.741. The Balaban J connectivity index is 1.99. The van der Waals surface area contributed by atoms with Crippen LogP contribution in [0, 0.1) is 11.7 Å². The molecule has 0 bridgehead atoms. The first-order valence-electron chi connectivity index (χ1n) is 6.63. The van der Waals surface area contributed by atoms with Gasteiger partial charge in [0.2, 0.25) is 0 Å². The fraction of sp³-hybridized carbons (Fsp3) is 0.533. The third kappa shape index (κ3) is 3.64. The first kappa shape index (κ1) is 13.7. The molecule has 18 heavy (non-hydrogen) atoms. The van der Waals surface area contributed by atoms with Gasteiger partial charge in [-0.3, -0.25) is 4.79 Å². The average Bonchev–Trinajstić information content (AvgIpc) is 2.62. The highest BCUT2D eigenvalue weighted by Gasteiger charge is 2.20. The average molecular weight is 313 g/mol. The van der Waals surface area contributed by atoms with Crippen molar-refractivity contribution in [2.24, 2.45) is 5.92 Å². The molecular weight excluding hydrogens is 295 g/mol. The van der Waals surface area contributed by atoms with Crippen LogP contribution in [0.1, 0.15) is 44.1 Å². The van der Waals surface area contributed by atoms with E-state index in [1.807, 2.05) is 0 Å². The number of hydrogen-bond donors (Lipinski definition) is 0. The molecule has 1 aliphatic carbocycles. The smallest absolute Gasteiger partial charge is 0.140 e. The van der Waals surface area contributed by atoms with Crippen LogP contribution in [0.3, 0.4) is 0 Å². The molecule has 3 heteroatoms. The van der Waals surface area contributed by atoms with Crippen molar-refractivity contribution in [2.45, 2.75) is 44.9 Å². The van der Waals surface area contributed by atoms with E-state index in [9.17, 15) is 9.18 Å². The number of rotatable bonds is 3. The molecule has 1 saturated carbocycles. The van der Waals surface area contributed by atoms with E-state index in [2.05, 4.69) is 15.9 Å². The molecule has 98 valence electrons. The van der Waals surface area contributed by atoms with Crippen LogP contribution in [-0.4, -0.2) is 5.78 Å². The maximum Gasteiger partial charge on any atom is 0.140 e. The van der Waals surface area contributed by atoms with Crippen molar-refractivity contribution in [1.82, 2.24) is 0 Å². The number of carbonyl (C=O) groups excluding carboxylic acids is 1. The van der Waals surface area contributed by atoms with Gasteiger partial charge >= 0.3 is 0 Å². The van der Waals surface area contributed by atoms with E-state index in [4.69, 9.17) is 0 Å². The van der Waals surface area contributed by atoms with E-state index in [-0.39, 0.29) is 11.7 Å². The van der Waals surface area contributed by atoms with E-state index in [1.165, 1.54) is 31.7 Å². The Kier molecular flexibility index (Phi) is 4.93. The molecule has 1 aliphatic rings. The molecule has 0 unspecified atom stereocenters. The lowest BCUT2D eigenvalue weighted by Crippen LogP contribution is -2.16. The Morgan fingerprint density at radius 2 is 1.89 bits per heavy atom. The monoisotopic (exact) mass is 312 g/mol. The van der Waals surface area contributed by atoms with E-state index >= 15 is 0 Å². The second-order valence-corrected chi connectivity index (χ2v) is 5.93. The second-order valence-electron chi connectivity index (χ2n) is 5.08. The van der Waals surface area contributed by atoms with Gasteiger partial charge in [0.05, 0.1) is 4.47 Å². The van der Waals surface area contributed by atoms with Gasteiger partial charge in [-0.25, -0.2) is 4.39 Å². The first-order chi connectivity index (χ1) is 8.66. The molecule has 1 nitrogen and oxygen atoms in total. The van der Waals surface area contributed by atoms with Gasteiger partial charge in [0.1, 0.15) is 11.6 Å². The third-order valence-corrected chi connectivity index (χ3v) is 4.28. The van der Waals surface area contributed by atoms with Gasteiger partial charge in [0.25, 0.3) is 0 Å². The molecule has 0 aliphatic heterocycles. The van der Waals surface area contributed by atoms with Crippen LogP contribution in [0.15, 0.2) is 22.7 Å². The fourth-order valence-electron chi connectivity index (χ4n) is 2.60. The molecule has 1 aromatic rings. The zero-order chi connectivity index (χ0) is 13.0. The van der Waals surface area contributed by atoms with Gasteiger partial charge in [-0.05, 0) is 46.5 Å². The lowest BCUT2D eigenvalue weighted by Gasteiger charge is -2.12. The van der Waals surface area contributed by atoms with Crippen molar-refractivity contribution in [3.63, 3.8) is 0 Å². The minimum atomic E-state index is -0.277. The van der Waals surface area contributed by atoms with Crippen molar-refractivity contribution in [1.29, 1.82) is 0 Å². The summed E-state index contributed by atoms with van der Waals surface area (Å²) in [5.41, 5.74) is 0.900. The summed E-state index contributed by atoms with van der Waals surface area (Å²) in [5, 5.41) is 0. The van der Waals surface area contributed by atoms with Gasteiger partial charge < -0.3 is 0 Å². The van der Waals surface area contributed by atoms with E-state index in [0.29, 0.717) is 16.7 Å². The highest BCUT2D eigenvalue weighted by Crippen LogP contribution is 2.25. The number of carbonyl (C=O) groups is 1. The SMILES string of the molecule is O=C(Cc1ccc(F)c(Br)c1)C1CCCCCC1. The lowest BCUT2D eigenvalue weighted by atomic mass is 9.91. The third-order valence-electron chi connectivity index (χ3n) is 3.67. The number of hydrogen-bond acceptors (Lipinski definition) is 1. The number of benzene rings is 1. The molecule has 0 atom stereocenters. The normalized spacial score (nSPS) is 17.4. The summed E-state index contributed by atoms with van der Waals surface area (Å²) in [5.74, 6) is 0.257. The molecule has 0 heterocycles. The molecule has 1 fully saturated rings. The summed E-state index contributed by atoms with van der Waals surface area (Å²) in [6.45, 7) is 0. The molecule has 0 aromatic heterocycles. The zero-order valence-electron chi connectivity index (χ0n) is 10.4. The highest BCUT2D eigenvalue weighted by molar-refractivity contribution is 9.10. The summed E-state index contributed by atoms with van der Waals surface area (Å²) in [6, 6.07) is 4.83. The van der Waals surface area contributed by atoms with Gasteiger partial charge in [0.15, 0.2) is 0 Å². The van der Waals surface area contributed by atoms with Crippen LogP contribution in [0.2, 0.25) is 0 Å². The zero-order valence-corrected chi connectivity index (χ0v) is 12.0. The van der Waals surface area contributed by atoms with Gasteiger partial charge in [-0.2, -0.15) is 0 Å². The Bertz CT molecular complexity index is 423. The summed E-state index contributed by atoms with van der Waals surface area (Å²) in [4.78, 5) is 12.2. The second kappa shape index (κ2) is 6.46. The van der Waals surface area contributed by atoms with Crippen molar-refractivity contribution >= 4 is 21.7 Å². The predicted molar refractivity (Wildman–Crippen MR) is 74.0 cm³/mol. The largest absolute Gasteiger partial charge is 0.299 e. The van der Waals surface area contributed by atoms with E-state index in [1.54, 1.807) is 12.1 Å². The number of ketones is 1. The van der Waals surface area contributed by atoms with Crippen molar-refractivity contribution in [3.05, 3.63) is 34.1 Å². The van der Waals surface area contributed by atoms with Crippen LogP contribution >= 0.6 is 15.9 Å². The standard InChI is InChI=1S/C15H18BrFO/c16-13-9-11(7-8-14(13)17)10-15(18)12-5-3-1-2-4-6-12/h7-9,12H,1-6,10H2. The van der Waals surface area contributed by atoms with Crippen molar-refractivity contribution < 1.29 is 9.18 Å². The number of Topliss-reactive ketones (excluding diaryl/α,β-unsaturated/α-hetero) is 1. The Labute approximate surface area is 116 Å². The highest BCUT2D eigenvalue weighted by atomic mass is 79.9. The van der Waals surface area contributed by atoms with Crippen LogP contribution in [0.25, 0.3) is 0 Å². The fourth-order valence-corrected chi connectivity index (χ4v) is 3.02. The lowest BCUT2D eigenvalue weighted by molar-refractivity contribution is -0.122. The predicted octanol–water partition coefficient (Wildman–Crippen LogP) is 4.67. The molecule has 0 radical (unpaired) electrons. The molecule has 1 aromatic carbocycles. The van der Waals surface area contributed by atoms with Gasteiger partial charge in [-0.15, -0.1) is 0 Å². The molecular formula is C15H18BrFO. The summed E-state index contributed by atoms with van der Waals surface area (Å²) in [6.07, 6.45) is 7.34. The van der Waals surface area contributed by atoms with Gasteiger partial charge in [0, 0.05) is 12.3 Å². The maximum absolute atomic E-state index is 13.1. The molecule has 0 spiro atoms. The first-order valence-corrected chi connectivity index (χ1v) is 7.43. The Morgan fingerprint density at radius 1 is 1.22 bits per heavy atom. The Hall–Kier alpha value is -0.700. The topological polar surface area (TPSA) is 17.1 Å². The van der Waals surface area contributed by atoms with Gasteiger partial charge in [-0.1, -0.05) is 31.7 Å². The number of halogens is 2. The molecule has 0 amide bonds. The molecule has 0 N–H and O–H groups in total. The van der Waals surface area contributed by atoms with Crippen LogP contribution in [0.4, 0.5) is 4.39 Å². The van der Waals surface area contributed by atoms with Crippen LogP contribution < -0.4 is 0 Å². The van der Waals surface area contributed by atoms with Crippen LogP contribution in [-0.2, 0) is 11.2 Å². The summed E-state index contributed by atoms with van der Waals surface area (Å²) >= 11 is 3.16. The van der Waals surface area contributed by atoms with E-state index < -0.39 is 0 Å². The Morgan fingerprint density at radius 3 is 2.50 bits per heavy atom. The summed E-state index contributed by atoms with van der Waals surface area (Å²) in [7, 11) is 0. The minimum Gasteiger partial charge on any atom is -0.299 e.